The van der Waals surface area contributed by atoms with E-state index < -0.39 is 0 Å². The maximum absolute atomic E-state index is 5.80. The summed E-state index contributed by atoms with van der Waals surface area (Å²) in [6.45, 7) is 0.550. The molecule has 12 heteroatoms. The Morgan fingerprint density at radius 3 is 2.52 bits per heavy atom. The van der Waals surface area contributed by atoms with E-state index in [-0.39, 0.29) is 0 Å². The van der Waals surface area contributed by atoms with Crippen LogP contribution in [0.2, 0.25) is 0 Å². The summed E-state index contributed by atoms with van der Waals surface area (Å²) >= 11 is 2.91. The Hall–Kier alpha value is -3.25. The van der Waals surface area contributed by atoms with Crippen molar-refractivity contribution in [2.45, 2.75) is 16.6 Å². The first kappa shape index (κ1) is 21.0. The van der Waals surface area contributed by atoms with Gasteiger partial charge in [0.05, 0.1) is 39.9 Å². The molecular weight excluding hydrogens is 442 g/mol. The van der Waals surface area contributed by atoms with Gasteiger partial charge in [0.15, 0.2) is 15.8 Å². The summed E-state index contributed by atoms with van der Waals surface area (Å²) in [5, 5.41) is 20.4. The lowest BCUT2D eigenvalue weighted by Gasteiger charge is -2.12. The van der Waals surface area contributed by atoms with E-state index in [9.17, 15) is 0 Å². The van der Waals surface area contributed by atoms with Gasteiger partial charge in [-0.1, -0.05) is 23.1 Å². The number of rotatable bonds is 10. The molecule has 0 spiro atoms. The van der Waals surface area contributed by atoms with Gasteiger partial charge in [0.1, 0.15) is 5.76 Å². The highest BCUT2D eigenvalue weighted by Crippen LogP contribution is 2.41. The zero-order valence-electron chi connectivity index (χ0n) is 16.9. The van der Waals surface area contributed by atoms with E-state index in [1.807, 2.05) is 12.1 Å². The molecule has 0 aliphatic rings. The average molecular weight is 462 g/mol. The molecular formula is C19H19N5O5S2. The molecule has 3 aromatic heterocycles. The average Bonchev–Trinajstić information content (AvgIpc) is 3.57. The predicted molar refractivity (Wildman–Crippen MR) is 115 cm³/mol. The van der Waals surface area contributed by atoms with E-state index in [1.165, 1.54) is 23.1 Å². The number of thioether (sulfide) groups is 1. The highest BCUT2D eigenvalue weighted by atomic mass is 32.2. The van der Waals surface area contributed by atoms with Gasteiger partial charge in [-0.15, -0.1) is 20.4 Å². The van der Waals surface area contributed by atoms with Crippen molar-refractivity contribution in [2.24, 2.45) is 0 Å². The summed E-state index contributed by atoms with van der Waals surface area (Å²) in [5.74, 6) is 3.63. The molecule has 1 N–H and O–H groups in total. The maximum atomic E-state index is 5.80. The molecule has 0 amide bonds. The van der Waals surface area contributed by atoms with E-state index in [1.54, 1.807) is 39.7 Å². The van der Waals surface area contributed by atoms with Crippen LogP contribution in [0.3, 0.4) is 0 Å². The number of nitrogens with one attached hydrogen (secondary N) is 1. The summed E-state index contributed by atoms with van der Waals surface area (Å²) in [6.07, 6.45) is 1.63. The van der Waals surface area contributed by atoms with Gasteiger partial charge in [0, 0.05) is 5.56 Å². The Labute approximate surface area is 185 Å². The smallest absolute Gasteiger partial charge is 0.248 e. The molecule has 31 heavy (non-hydrogen) atoms. The van der Waals surface area contributed by atoms with E-state index in [0.717, 1.165) is 10.1 Å². The first-order chi connectivity index (χ1) is 15.2. The van der Waals surface area contributed by atoms with Crippen molar-refractivity contribution in [3.8, 4) is 28.7 Å². The van der Waals surface area contributed by atoms with Crippen molar-refractivity contribution in [2.75, 3.05) is 26.6 Å². The maximum Gasteiger partial charge on any atom is 0.248 e. The Morgan fingerprint density at radius 1 is 1.03 bits per heavy atom. The van der Waals surface area contributed by atoms with E-state index in [4.69, 9.17) is 23.0 Å². The summed E-state index contributed by atoms with van der Waals surface area (Å²) < 4.78 is 28.0. The molecule has 0 saturated carbocycles. The Balaban J connectivity index is 1.40. The number of aromatic nitrogens is 4. The normalized spacial score (nSPS) is 10.8. The van der Waals surface area contributed by atoms with Gasteiger partial charge < -0.3 is 28.4 Å². The molecule has 0 bridgehead atoms. The molecule has 0 unspecified atom stereocenters. The SMILES string of the molecule is COc1cc(-c2nnc(CSc3nnc(NCc4ccco4)s3)o2)cc(OC)c1OC. The lowest BCUT2D eigenvalue weighted by atomic mass is 10.2. The van der Waals surface area contributed by atoms with Crippen LogP contribution >= 0.6 is 23.1 Å². The fourth-order valence-corrected chi connectivity index (χ4v) is 4.26. The summed E-state index contributed by atoms with van der Waals surface area (Å²) in [7, 11) is 4.65. The molecule has 0 aliphatic carbocycles. The molecule has 3 heterocycles. The minimum atomic E-state index is 0.355. The van der Waals surface area contributed by atoms with Crippen LogP contribution in [0.5, 0.6) is 17.2 Å². The van der Waals surface area contributed by atoms with Crippen molar-refractivity contribution >= 4 is 28.2 Å². The van der Waals surface area contributed by atoms with Crippen LogP contribution in [-0.2, 0) is 12.3 Å². The van der Waals surface area contributed by atoms with Crippen molar-refractivity contribution < 1.29 is 23.0 Å². The first-order valence-electron chi connectivity index (χ1n) is 9.05. The van der Waals surface area contributed by atoms with Crippen molar-refractivity contribution in [1.29, 1.82) is 0 Å². The third-order valence-corrected chi connectivity index (χ3v) is 6.10. The summed E-state index contributed by atoms with van der Waals surface area (Å²) in [5.41, 5.74) is 0.665. The van der Waals surface area contributed by atoms with Gasteiger partial charge in [0.2, 0.25) is 22.7 Å². The van der Waals surface area contributed by atoms with Gasteiger partial charge >= 0.3 is 0 Å². The highest BCUT2D eigenvalue weighted by molar-refractivity contribution is 8.00. The molecule has 162 valence electrons. The molecule has 4 rings (SSSR count). The fourth-order valence-electron chi connectivity index (χ4n) is 2.67. The van der Waals surface area contributed by atoms with Crippen LogP contribution in [-0.4, -0.2) is 41.7 Å². The quantitative estimate of drug-likeness (QED) is 0.344. The number of methoxy groups -OCH3 is 3. The highest BCUT2D eigenvalue weighted by Gasteiger charge is 2.18. The van der Waals surface area contributed by atoms with E-state index in [2.05, 4.69) is 25.7 Å². The predicted octanol–water partition coefficient (Wildman–Crippen LogP) is 4.11. The number of hydrogen-bond acceptors (Lipinski definition) is 12. The second-order valence-corrected chi connectivity index (χ2v) is 8.21. The number of anilines is 1. The molecule has 0 atom stereocenters. The fraction of sp³-hybridized carbons (Fsp3) is 0.263. The Morgan fingerprint density at radius 2 is 1.84 bits per heavy atom. The molecule has 10 nitrogen and oxygen atoms in total. The zero-order valence-corrected chi connectivity index (χ0v) is 18.6. The number of benzene rings is 1. The van der Waals surface area contributed by atoms with E-state index >= 15 is 0 Å². The molecule has 0 fully saturated rings. The minimum absolute atomic E-state index is 0.355. The van der Waals surface area contributed by atoms with Gasteiger partial charge in [-0.2, -0.15) is 0 Å². The Bertz CT molecular complexity index is 1100. The number of furan rings is 1. The largest absolute Gasteiger partial charge is 0.493 e. The van der Waals surface area contributed by atoms with Crippen molar-refractivity contribution in [1.82, 2.24) is 20.4 Å². The van der Waals surface area contributed by atoms with Crippen LogP contribution in [0, 0.1) is 0 Å². The summed E-state index contributed by atoms with van der Waals surface area (Å²) in [6, 6.07) is 7.25. The van der Waals surface area contributed by atoms with Crippen LogP contribution in [0.25, 0.3) is 11.5 Å². The van der Waals surface area contributed by atoms with Gasteiger partial charge in [0.25, 0.3) is 0 Å². The lowest BCUT2D eigenvalue weighted by molar-refractivity contribution is 0.324. The van der Waals surface area contributed by atoms with Crippen LogP contribution in [0.1, 0.15) is 11.7 Å². The molecule has 0 aliphatic heterocycles. The topological polar surface area (TPSA) is 118 Å². The van der Waals surface area contributed by atoms with Crippen LogP contribution < -0.4 is 19.5 Å². The third kappa shape index (κ3) is 4.91. The van der Waals surface area contributed by atoms with Gasteiger partial charge in [-0.3, -0.25) is 0 Å². The van der Waals surface area contributed by atoms with E-state index in [0.29, 0.717) is 52.0 Å². The van der Waals surface area contributed by atoms with Crippen molar-refractivity contribution in [3.05, 3.63) is 42.2 Å². The molecule has 1 aromatic carbocycles. The van der Waals surface area contributed by atoms with Crippen LogP contribution in [0.15, 0.2) is 43.7 Å². The summed E-state index contributed by atoms with van der Waals surface area (Å²) in [4.78, 5) is 0. The number of ether oxygens (including phenoxy) is 3. The van der Waals surface area contributed by atoms with Crippen molar-refractivity contribution in [3.63, 3.8) is 0 Å². The standard InChI is InChI=1S/C19H19N5O5S2/c1-25-13-7-11(8-14(26-2)16(13)27-3)17-22-21-15(29-17)10-30-19-24-23-18(31-19)20-9-12-5-4-6-28-12/h4-8H,9-10H2,1-3H3,(H,20,23). The Kier molecular flexibility index (Phi) is 6.57. The first-order valence-corrected chi connectivity index (χ1v) is 10.9. The second-order valence-electron chi connectivity index (χ2n) is 6.01. The lowest BCUT2D eigenvalue weighted by Crippen LogP contribution is -1.96. The van der Waals surface area contributed by atoms with Gasteiger partial charge in [-0.25, -0.2) is 0 Å². The van der Waals surface area contributed by atoms with Gasteiger partial charge in [-0.05, 0) is 24.3 Å². The third-order valence-electron chi connectivity index (χ3n) is 4.10. The molecule has 4 aromatic rings. The number of hydrogen-bond donors (Lipinski definition) is 1. The minimum Gasteiger partial charge on any atom is -0.493 e. The molecule has 0 radical (unpaired) electrons. The number of nitrogens with zero attached hydrogens (tertiary/aromatic N) is 4. The monoisotopic (exact) mass is 461 g/mol. The molecule has 0 saturated heterocycles. The second kappa shape index (κ2) is 9.71. The van der Waals surface area contributed by atoms with Crippen LogP contribution in [0.4, 0.5) is 5.13 Å². The zero-order chi connectivity index (χ0) is 21.6.